The molecule has 1 aromatic heterocycles. The monoisotopic (exact) mass is 435 g/mol. The Morgan fingerprint density at radius 1 is 1.20 bits per heavy atom. The smallest absolute Gasteiger partial charge is 0.329 e. The molecule has 0 fully saturated rings. The van der Waals surface area contributed by atoms with Crippen LogP contribution in [0.15, 0.2) is 34.9 Å². The molecule has 2 rings (SSSR count). The van der Waals surface area contributed by atoms with Crippen molar-refractivity contribution in [1.82, 2.24) is 10.5 Å². The van der Waals surface area contributed by atoms with E-state index in [0.29, 0.717) is 5.69 Å². The van der Waals surface area contributed by atoms with Crippen LogP contribution in [0.4, 0.5) is 5.88 Å². The predicted molar refractivity (Wildman–Crippen MR) is 112 cm³/mol. The molecule has 0 radical (unpaired) electrons. The summed E-state index contributed by atoms with van der Waals surface area (Å²) >= 11 is 6.03. The number of anilines is 1. The van der Waals surface area contributed by atoms with Crippen LogP contribution in [0.1, 0.15) is 50.7 Å². The number of benzene rings is 1. The SMILES string of the molecule is CC(C)[C@@H](NC(=O)c1ccccc1Cl)C(=O)OCC(=O)Nc1cc(C(C)(C)C)no1. The molecule has 1 heterocycles. The topological polar surface area (TPSA) is 111 Å². The van der Waals surface area contributed by atoms with Gasteiger partial charge in [0.05, 0.1) is 16.3 Å². The van der Waals surface area contributed by atoms with Crippen LogP contribution in [0.5, 0.6) is 0 Å². The number of hydrogen-bond donors (Lipinski definition) is 2. The number of nitrogens with one attached hydrogen (secondary N) is 2. The molecule has 2 aromatic rings. The summed E-state index contributed by atoms with van der Waals surface area (Å²) in [4.78, 5) is 37.0. The number of amides is 2. The van der Waals surface area contributed by atoms with Crippen LogP contribution in [0.25, 0.3) is 0 Å². The molecule has 0 unspecified atom stereocenters. The highest BCUT2D eigenvalue weighted by atomic mass is 35.5. The zero-order valence-electron chi connectivity index (χ0n) is 17.6. The second-order valence-corrected chi connectivity index (χ2v) is 8.56. The van der Waals surface area contributed by atoms with Gasteiger partial charge >= 0.3 is 5.97 Å². The number of halogens is 1. The Morgan fingerprint density at radius 3 is 2.43 bits per heavy atom. The molecule has 0 bridgehead atoms. The van der Waals surface area contributed by atoms with E-state index in [1.165, 1.54) is 0 Å². The second-order valence-electron chi connectivity index (χ2n) is 8.16. The molecule has 0 aliphatic heterocycles. The van der Waals surface area contributed by atoms with Gasteiger partial charge in [0.2, 0.25) is 5.88 Å². The van der Waals surface area contributed by atoms with Gasteiger partial charge in [-0.15, -0.1) is 0 Å². The van der Waals surface area contributed by atoms with Gasteiger partial charge in [0.25, 0.3) is 11.8 Å². The molecule has 1 aromatic carbocycles. The molecule has 0 saturated heterocycles. The van der Waals surface area contributed by atoms with Crippen LogP contribution < -0.4 is 10.6 Å². The van der Waals surface area contributed by atoms with Crippen LogP contribution in [0, 0.1) is 5.92 Å². The summed E-state index contributed by atoms with van der Waals surface area (Å²) in [7, 11) is 0. The number of aromatic nitrogens is 1. The quantitative estimate of drug-likeness (QED) is 0.643. The van der Waals surface area contributed by atoms with Crippen LogP contribution in [0.3, 0.4) is 0 Å². The van der Waals surface area contributed by atoms with Gasteiger partial charge in [-0.2, -0.15) is 0 Å². The second kappa shape index (κ2) is 9.75. The molecule has 162 valence electrons. The lowest BCUT2D eigenvalue weighted by Gasteiger charge is -2.21. The molecular weight excluding hydrogens is 410 g/mol. The van der Waals surface area contributed by atoms with Gasteiger partial charge in [-0.3, -0.25) is 14.9 Å². The highest BCUT2D eigenvalue weighted by Crippen LogP contribution is 2.23. The lowest BCUT2D eigenvalue weighted by Crippen LogP contribution is -2.46. The number of rotatable bonds is 7. The maximum atomic E-state index is 12.4. The average Bonchev–Trinajstić information content (AvgIpc) is 3.13. The maximum absolute atomic E-state index is 12.4. The normalized spacial score (nSPS) is 12.4. The summed E-state index contributed by atoms with van der Waals surface area (Å²) in [6.07, 6.45) is 0. The lowest BCUT2D eigenvalue weighted by molar-refractivity contribution is -0.150. The maximum Gasteiger partial charge on any atom is 0.329 e. The standard InChI is InChI=1S/C21H26ClN3O5/c1-12(2)18(24-19(27)13-8-6-7-9-14(13)22)20(28)29-11-16(26)23-17-10-15(25-30-17)21(3,4)5/h6-10,12,18H,11H2,1-5H3,(H,23,26)(H,24,27)/t18-/m1/s1. The molecule has 2 N–H and O–H groups in total. The van der Waals surface area contributed by atoms with Crippen molar-refractivity contribution in [3.63, 3.8) is 0 Å². The molecule has 0 saturated carbocycles. The van der Waals surface area contributed by atoms with Crippen LogP contribution in [-0.4, -0.2) is 35.6 Å². The molecule has 0 spiro atoms. The van der Waals surface area contributed by atoms with Crippen LogP contribution >= 0.6 is 11.6 Å². The van der Waals surface area contributed by atoms with E-state index < -0.39 is 30.4 Å². The summed E-state index contributed by atoms with van der Waals surface area (Å²) in [5.74, 6) is -1.92. The van der Waals surface area contributed by atoms with Crippen molar-refractivity contribution in [1.29, 1.82) is 0 Å². The van der Waals surface area contributed by atoms with E-state index in [9.17, 15) is 14.4 Å². The minimum atomic E-state index is -0.945. The number of hydrogen-bond acceptors (Lipinski definition) is 6. The number of nitrogens with zero attached hydrogens (tertiary/aromatic N) is 1. The number of carbonyl (C=O) groups excluding carboxylic acids is 3. The molecule has 30 heavy (non-hydrogen) atoms. The summed E-state index contributed by atoms with van der Waals surface area (Å²) < 4.78 is 10.2. The first-order chi connectivity index (χ1) is 14.0. The lowest BCUT2D eigenvalue weighted by atomic mass is 9.92. The van der Waals surface area contributed by atoms with Gasteiger partial charge < -0.3 is 14.6 Å². The average molecular weight is 436 g/mol. The van der Waals surface area contributed by atoms with E-state index in [0.717, 1.165) is 0 Å². The zero-order chi connectivity index (χ0) is 22.5. The highest BCUT2D eigenvalue weighted by molar-refractivity contribution is 6.33. The summed E-state index contributed by atoms with van der Waals surface area (Å²) in [6.45, 7) is 8.85. The van der Waals surface area contributed by atoms with Crippen molar-refractivity contribution >= 4 is 35.3 Å². The molecule has 8 nitrogen and oxygen atoms in total. The third-order valence-electron chi connectivity index (χ3n) is 4.21. The fourth-order valence-corrected chi connectivity index (χ4v) is 2.67. The minimum absolute atomic E-state index is 0.161. The van der Waals surface area contributed by atoms with Crippen molar-refractivity contribution < 1.29 is 23.6 Å². The minimum Gasteiger partial charge on any atom is -0.454 e. The third-order valence-corrected chi connectivity index (χ3v) is 4.54. The van der Waals surface area contributed by atoms with Crippen molar-refractivity contribution in [2.24, 2.45) is 5.92 Å². The number of esters is 1. The molecule has 1 atom stereocenters. The number of ether oxygens (including phenoxy) is 1. The van der Waals surface area contributed by atoms with Crippen molar-refractivity contribution in [3.8, 4) is 0 Å². The Bertz CT molecular complexity index is 917. The largest absolute Gasteiger partial charge is 0.454 e. The van der Waals surface area contributed by atoms with E-state index >= 15 is 0 Å². The summed E-state index contributed by atoms with van der Waals surface area (Å²) in [5, 5.41) is 9.26. The Labute approximate surface area is 180 Å². The van der Waals surface area contributed by atoms with E-state index in [2.05, 4.69) is 15.8 Å². The Morgan fingerprint density at radius 2 is 1.87 bits per heavy atom. The van der Waals surface area contributed by atoms with E-state index in [1.807, 2.05) is 20.8 Å². The fourth-order valence-electron chi connectivity index (χ4n) is 2.45. The van der Waals surface area contributed by atoms with Gasteiger partial charge in [0.1, 0.15) is 6.04 Å². The van der Waals surface area contributed by atoms with Crippen LogP contribution in [-0.2, 0) is 19.7 Å². The van der Waals surface area contributed by atoms with E-state index in [-0.39, 0.29) is 27.8 Å². The molecule has 0 aliphatic carbocycles. The van der Waals surface area contributed by atoms with E-state index in [1.54, 1.807) is 44.2 Å². The Balaban J connectivity index is 1.93. The first-order valence-corrected chi connectivity index (χ1v) is 9.86. The highest BCUT2D eigenvalue weighted by Gasteiger charge is 2.27. The molecule has 0 aliphatic rings. The van der Waals surface area contributed by atoms with Gasteiger partial charge in [-0.05, 0) is 18.1 Å². The van der Waals surface area contributed by atoms with Gasteiger partial charge in [-0.25, -0.2) is 4.79 Å². The third kappa shape index (κ3) is 6.32. The van der Waals surface area contributed by atoms with Crippen molar-refractivity contribution in [2.75, 3.05) is 11.9 Å². The molecular formula is C21H26ClN3O5. The summed E-state index contributed by atoms with van der Waals surface area (Å²) in [6, 6.07) is 7.17. The molecule has 2 amide bonds. The van der Waals surface area contributed by atoms with E-state index in [4.69, 9.17) is 20.9 Å². The van der Waals surface area contributed by atoms with Gasteiger partial charge in [-0.1, -0.05) is 63.5 Å². The van der Waals surface area contributed by atoms with Crippen molar-refractivity contribution in [3.05, 3.63) is 46.6 Å². The summed E-state index contributed by atoms with van der Waals surface area (Å²) in [5.41, 5.74) is 0.691. The Kier molecular flexibility index (Phi) is 7.61. The molecule has 9 heteroatoms. The fraction of sp³-hybridized carbons (Fsp3) is 0.429. The Hall–Kier alpha value is -2.87. The number of carbonyl (C=O) groups is 3. The van der Waals surface area contributed by atoms with Crippen LogP contribution in [0.2, 0.25) is 5.02 Å². The van der Waals surface area contributed by atoms with Gasteiger partial charge in [0.15, 0.2) is 6.61 Å². The predicted octanol–water partition coefficient (Wildman–Crippen LogP) is 3.56. The van der Waals surface area contributed by atoms with Gasteiger partial charge in [0, 0.05) is 11.5 Å². The first kappa shape index (κ1) is 23.4. The first-order valence-electron chi connectivity index (χ1n) is 9.48. The van der Waals surface area contributed by atoms with Crippen molar-refractivity contribution in [2.45, 2.75) is 46.1 Å². The zero-order valence-corrected chi connectivity index (χ0v) is 18.4.